The monoisotopic (exact) mass is 939 g/mol. The summed E-state index contributed by atoms with van der Waals surface area (Å²) in [7, 11) is -16.5. The highest BCUT2D eigenvalue weighted by Crippen LogP contribution is 2.61. The number of carbonyl (C=O) groups is 3. The zero-order valence-electron chi connectivity index (χ0n) is 31.8. The highest BCUT2D eigenvalue weighted by molar-refractivity contribution is 8.13. The van der Waals surface area contributed by atoms with E-state index in [1.807, 2.05) is 0 Å². The van der Waals surface area contributed by atoms with E-state index in [4.69, 9.17) is 36.2 Å². The molecule has 0 aliphatic carbocycles. The van der Waals surface area contributed by atoms with Crippen LogP contribution in [0.4, 0.5) is 5.82 Å². The van der Waals surface area contributed by atoms with Gasteiger partial charge >= 0.3 is 23.5 Å². The number of hydrogen-bond donors (Lipinski definition) is 13. The maximum Gasteiger partial charge on any atom is 0.481 e. The van der Waals surface area contributed by atoms with Crippen LogP contribution in [-0.2, 0) is 50.7 Å². The molecule has 1 aliphatic rings. The fourth-order valence-electron chi connectivity index (χ4n) is 5.05. The van der Waals surface area contributed by atoms with Gasteiger partial charge in [-0.25, -0.2) is 34.1 Å². The molecule has 0 radical (unpaired) electrons. The molecule has 3 rings (SSSR count). The van der Waals surface area contributed by atoms with Crippen LogP contribution in [0.25, 0.3) is 11.2 Å². The molecular weight excluding hydrogens is 891 g/mol. The van der Waals surface area contributed by atoms with Crippen molar-refractivity contribution in [1.82, 2.24) is 35.6 Å². The molecule has 340 valence electrons. The number of aromatic nitrogens is 4. The van der Waals surface area contributed by atoms with Crippen LogP contribution < -0.4 is 33.3 Å². The summed E-state index contributed by atoms with van der Waals surface area (Å²) in [6.07, 6.45) is -6.32. The molecule has 3 heterocycles. The zero-order chi connectivity index (χ0) is 45.1. The Morgan fingerprint density at radius 1 is 1.08 bits per heavy atom. The second-order valence-corrected chi connectivity index (χ2v) is 18.7. The minimum absolute atomic E-state index is 0.0202. The van der Waals surface area contributed by atoms with Gasteiger partial charge < -0.3 is 62.4 Å². The third-order valence-corrected chi connectivity index (χ3v) is 12.2. The third-order valence-electron chi connectivity index (χ3n) is 8.12. The van der Waals surface area contributed by atoms with Crippen molar-refractivity contribution in [2.45, 2.75) is 69.8 Å². The number of rotatable bonds is 24. The SMILES string of the molecule is CC(C)(COP(=O)(O)OP(=O)(O)OCC1OC(n2cnc3c(N)ncnc32)C(O)C1OP(=O)(O)O)C(O)C(=O)NCCC(=O)NCCSC(=O)C(N)CCCN=C(N)NO. The molecule has 0 bridgehead atoms. The molecule has 8 atom stereocenters. The Labute approximate surface area is 344 Å². The molecule has 2 amide bonds. The number of guanidine groups is 1. The summed E-state index contributed by atoms with van der Waals surface area (Å²) in [4.78, 5) is 91.7. The number of aliphatic hydroxyl groups excluding tert-OH is 2. The van der Waals surface area contributed by atoms with Gasteiger partial charge in [0.15, 0.2) is 17.7 Å². The number of thioether (sulfide) groups is 1. The number of nitrogens with two attached hydrogens (primary N) is 3. The molecule has 0 saturated carbocycles. The van der Waals surface area contributed by atoms with Crippen molar-refractivity contribution in [3.8, 4) is 0 Å². The topological polar surface area (TPSA) is 460 Å². The van der Waals surface area contributed by atoms with E-state index >= 15 is 0 Å². The maximum absolute atomic E-state index is 12.7. The molecule has 2 aromatic heterocycles. The zero-order valence-corrected chi connectivity index (χ0v) is 35.3. The summed E-state index contributed by atoms with van der Waals surface area (Å²) in [5.41, 5.74) is 17.0. The normalized spacial score (nSPS) is 21.8. The van der Waals surface area contributed by atoms with E-state index in [9.17, 15) is 57.9 Å². The summed E-state index contributed by atoms with van der Waals surface area (Å²) in [6, 6.07) is -0.777. The van der Waals surface area contributed by atoms with E-state index in [1.165, 1.54) is 13.8 Å². The fourth-order valence-corrected chi connectivity index (χ4v) is 8.62. The highest BCUT2D eigenvalue weighted by Gasteiger charge is 2.50. The molecule has 0 spiro atoms. The summed E-state index contributed by atoms with van der Waals surface area (Å²) in [6.45, 7) is 0.494. The summed E-state index contributed by atoms with van der Waals surface area (Å²) in [5, 5.41) is 34.6. The molecule has 60 heavy (non-hydrogen) atoms. The van der Waals surface area contributed by atoms with E-state index in [-0.39, 0.29) is 59.9 Å². The average Bonchev–Trinajstić information content (AvgIpc) is 3.72. The van der Waals surface area contributed by atoms with Crippen molar-refractivity contribution >= 4 is 75.1 Å². The molecular formula is C27H48N11O18P3S. The molecule has 1 saturated heterocycles. The van der Waals surface area contributed by atoms with Crippen molar-refractivity contribution in [3.63, 3.8) is 0 Å². The van der Waals surface area contributed by atoms with Crippen molar-refractivity contribution in [2.24, 2.45) is 21.9 Å². The predicted octanol–water partition coefficient (Wildman–Crippen LogP) is -2.93. The van der Waals surface area contributed by atoms with E-state index in [2.05, 4.69) is 39.4 Å². The first kappa shape index (κ1) is 51.1. The van der Waals surface area contributed by atoms with E-state index in [0.29, 0.717) is 12.8 Å². The molecule has 0 aromatic carbocycles. The molecule has 2 aromatic rings. The van der Waals surface area contributed by atoms with E-state index in [1.54, 1.807) is 5.48 Å². The molecule has 1 aliphatic heterocycles. The number of ether oxygens (including phenoxy) is 1. The lowest BCUT2D eigenvalue weighted by atomic mass is 9.87. The number of nitrogen functional groups attached to an aromatic ring is 1. The third kappa shape index (κ3) is 15.9. The van der Waals surface area contributed by atoms with Gasteiger partial charge in [0.2, 0.25) is 22.9 Å². The molecule has 16 N–H and O–H groups in total. The van der Waals surface area contributed by atoms with Crippen LogP contribution in [0.2, 0.25) is 0 Å². The van der Waals surface area contributed by atoms with Crippen LogP contribution in [0.1, 0.15) is 39.3 Å². The van der Waals surface area contributed by atoms with Gasteiger partial charge in [0.05, 0.1) is 25.6 Å². The number of anilines is 1. The smallest absolute Gasteiger partial charge is 0.386 e. The quantitative estimate of drug-likeness (QED) is 0.0165. The first-order valence-electron chi connectivity index (χ1n) is 17.4. The number of phosphoric acid groups is 3. The number of aliphatic imine (C=N–C) groups is 1. The van der Waals surface area contributed by atoms with Crippen LogP contribution >= 0.6 is 35.2 Å². The maximum atomic E-state index is 12.7. The lowest BCUT2D eigenvalue weighted by Gasteiger charge is -2.30. The van der Waals surface area contributed by atoms with Gasteiger partial charge in [-0.15, -0.1) is 0 Å². The number of carbonyl (C=O) groups excluding carboxylic acids is 3. The summed E-state index contributed by atoms with van der Waals surface area (Å²) in [5.74, 6) is -1.53. The van der Waals surface area contributed by atoms with Crippen LogP contribution in [0.3, 0.4) is 0 Å². The second kappa shape index (κ2) is 22.2. The molecule has 8 unspecified atom stereocenters. The highest BCUT2D eigenvalue weighted by atomic mass is 32.2. The number of aliphatic hydroxyl groups is 2. The Kier molecular flexibility index (Phi) is 18.9. The summed E-state index contributed by atoms with van der Waals surface area (Å²) < 4.78 is 62.1. The van der Waals surface area contributed by atoms with Gasteiger partial charge in [-0.2, -0.15) is 4.31 Å². The molecule has 1 fully saturated rings. The van der Waals surface area contributed by atoms with Crippen molar-refractivity contribution in [2.75, 3.05) is 44.3 Å². The van der Waals surface area contributed by atoms with Gasteiger partial charge in [0.1, 0.15) is 36.3 Å². The minimum atomic E-state index is -5.59. The largest absolute Gasteiger partial charge is 0.481 e. The van der Waals surface area contributed by atoms with Crippen LogP contribution in [0, 0.1) is 5.41 Å². The van der Waals surface area contributed by atoms with Gasteiger partial charge in [-0.1, -0.05) is 25.6 Å². The van der Waals surface area contributed by atoms with Gasteiger partial charge in [0, 0.05) is 37.2 Å². The van der Waals surface area contributed by atoms with Crippen LogP contribution in [-0.4, -0.2) is 146 Å². The van der Waals surface area contributed by atoms with Gasteiger partial charge in [0.25, 0.3) is 0 Å². The number of nitrogens with one attached hydrogen (secondary N) is 3. The lowest BCUT2D eigenvalue weighted by Crippen LogP contribution is -2.46. The van der Waals surface area contributed by atoms with Crippen LogP contribution in [0.15, 0.2) is 17.6 Å². The van der Waals surface area contributed by atoms with E-state index in [0.717, 1.165) is 29.0 Å². The van der Waals surface area contributed by atoms with E-state index < -0.39 is 90.6 Å². The Balaban J connectivity index is 1.43. The standard InChI is InChI=1S/C27H48N11O18P3S/c1-27(2,20(41)23(42)32-7-5-16(39)31-8-9-60-25(43)14(28)4-3-6-33-26(30)37-44)11-53-59(50,51)56-58(48,49)52-10-15-19(55-57(45,46)47)18(40)24(54-15)38-13-36-17-21(29)34-12-35-22(17)38/h12-15,18-20,24,40-41,44H,3-11,28H2,1-2H3,(H,31,39)(H,32,42)(H,48,49)(H,50,51)(H2,29,34,35)(H3,30,33,37)(H2,45,46,47). The van der Waals surface area contributed by atoms with Crippen LogP contribution in [0.5, 0.6) is 0 Å². The Morgan fingerprint density at radius 3 is 2.43 bits per heavy atom. The van der Waals surface area contributed by atoms with Crippen molar-refractivity contribution in [3.05, 3.63) is 12.7 Å². The van der Waals surface area contributed by atoms with Crippen molar-refractivity contribution in [1.29, 1.82) is 0 Å². The molecule has 29 nitrogen and oxygen atoms in total. The number of amides is 2. The number of hydroxylamine groups is 1. The first-order chi connectivity index (χ1) is 27.9. The number of hydrogen-bond acceptors (Lipinski definition) is 21. The number of nitrogens with zero attached hydrogens (tertiary/aromatic N) is 5. The summed E-state index contributed by atoms with van der Waals surface area (Å²) >= 11 is 0.909. The Bertz CT molecular complexity index is 1970. The number of phosphoric ester groups is 3. The molecule has 33 heteroatoms. The number of imidazole rings is 1. The Morgan fingerprint density at radius 2 is 1.77 bits per heavy atom. The van der Waals surface area contributed by atoms with Crippen molar-refractivity contribution < 1.29 is 85.7 Å². The minimum Gasteiger partial charge on any atom is -0.386 e. The fraction of sp³-hybridized carbons (Fsp3) is 0.667. The Hall–Kier alpha value is -3.25. The first-order valence-corrected chi connectivity index (χ1v) is 22.9. The predicted molar refractivity (Wildman–Crippen MR) is 206 cm³/mol. The average molecular weight is 940 g/mol. The second-order valence-electron chi connectivity index (χ2n) is 13.4. The lowest BCUT2D eigenvalue weighted by molar-refractivity contribution is -0.137. The van der Waals surface area contributed by atoms with Gasteiger partial charge in [-0.05, 0) is 12.8 Å². The van der Waals surface area contributed by atoms with Gasteiger partial charge in [-0.3, -0.25) is 42.7 Å². The number of fused-ring (bicyclic) bond motifs is 1.